The topological polar surface area (TPSA) is 72.3 Å². The Kier molecular flexibility index (Phi) is 5.07. The monoisotopic (exact) mass is 164 g/mol. The number of hydrogen-bond acceptors (Lipinski definition) is 4. The summed E-state index contributed by atoms with van der Waals surface area (Å²) in [5.41, 5.74) is 9.84. The predicted octanol–water partition coefficient (Wildman–Crippen LogP) is -0.612. The van der Waals surface area contributed by atoms with E-state index in [-0.39, 0.29) is 0 Å². The first kappa shape index (κ1) is 10.2. The van der Waals surface area contributed by atoms with Gasteiger partial charge in [-0.05, 0) is 6.92 Å². The number of thioether (sulfide) groups is 1. The van der Waals surface area contributed by atoms with Gasteiger partial charge in [-0.3, -0.25) is 0 Å². The van der Waals surface area contributed by atoms with Crippen molar-refractivity contribution in [3.8, 4) is 0 Å². The van der Waals surface area contributed by atoms with Gasteiger partial charge in [-0.15, -0.1) is 0 Å². The minimum atomic E-state index is -0.722. The molecule has 0 saturated heterocycles. The molecule has 62 valence electrons. The van der Waals surface area contributed by atoms with Gasteiger partial charge >= 0.3 is 0 Å². The van der Waals surface area contributed by atoms with Crippen molar-refractivity contribution in [2.24, 2.45) is 11.5 Å². The molecule has 0 fully saturated rings. The minimum Gasteiger partial charge on any atom is -0.388 e. The molecule has 0 amide bonds. The maximum absolute atomic E-state index is 9.36. The highest BCUT2D eigenvalue weighted by atomic mass is 32.2. The largest absolute Gasteiger partial charge is 0.388 e. The lowest BCUT2D eigenvalue weighted by Crippen LogP contribution is -2.36. The van der Waals surface area contributed by atoms with Crippen LogP contribution >= 0.6 is 11.8 Å². The average Bonchev–Trinajstić information content (AvgIpc) is 1.89. The first-order valence-corrected chi connectivity index (χ1v) is 4.48. The molecule has 0 aliphatic heterocycles. The zero-order valence-electron chi connectivity index (χ0n) is 6.34. The van der Waals surface area contributed by atoms with E-state index in [0.29, 0.717) is 18.8 Å². The van der Waals surface area contributed by atoms with Gasteiger partial charge in [0.15, 0.2) is 0 Å². The molecule has 0 saturated carbocycles. The number of nitrogens with two attached hydrogens (primary N) is 2. The van der Waals surface area contributed by atoms with E-state index in [1.165, 1.54) is 0 Å². The molecule has 0 aliphatic carbocycles. The van der Waals surface area contributed by atoms with Crippen LogP contribution in [0.1, 0.15) is 6.92 Å². The maximum Gasteiger partial charge on any atom is 0.0831 e. The summed E-state index contributed by atoms with van der Waals surface area (Å²) in [5.74, 6) is 1.55. The lowest BCUT2D eigenvalue weighted by molar-refractivity contribution is 0.0950. The Labute approximate surface area is 66.2 Å². The summed E-state index contributed by atoms with van der Waals surface area (Å²) in [6.45, 7) is 2.70. The summed E-state index contributed by atoms with van der Waals surface area (Å²) in [6.07, 6.45) is 0. The number of hydrogen-bond donors (Lipinski definition) is 3. The third-order valence-corrected chi connectivity index (χ3v) is 2.47. The van der Waals surface area contributed by atoms with Gasteiger partial charge in [0.25, 0.3) is 0 Å². The predicted molar refractivity (Wildman–Crippen MR) is 46.1 cm³/mol. The van der Waals surface area contributed by atoms with E-state index in [1.807, 2.05) is 0 Å². The molecule has 0 bridgehead atoms. The first-order chi connectivity index (χ1) is 4.62. The standard InChI is InChI=1S/C6H16N2OS/c1-6(9,4-8)5-10-3-2-7/h9H,2-5,7-8H2,1H3. The number of aliphatic hydroxyl groups is 1. The van der Waals surface area contributed by atoms with Crippen LogP contribution in [-0.4, -0.2) is 35.3 Å². The van der Waals surface area contributed by atoms with E-state index in [0.717, 1.165) is 5.75 Å². The highest BCUT2D eigenvalue weighted by molar-refractivity contribution is 7.99. The summed E-state index contributed by atoms with van der Waals surface area (Å²) in [5, 5.41) is 9.36. The second kappa shape index (κ2) is 4.96. The highest BCUT2D eigenvalue weighted by Gasteiger charge is 2.16. The van der Waals surface area contributed by atoms with Crippen molar-refractivity contribution < 1.29 is 5.11 Å². The third kappa shape index (κ3) is 5.05. The maximum atomic E-state index is 9.36. The Hall–Kier alpha value is 0.230. The van der Waals surface area contributed by atoms with Gasteiger partial charge in [-0.25, -0.2) is 0 Å². The van der Waals surface area contributed by atoms with Crippen LogP contribution in [0, 0.1) is 0 Å². The molecule has 5 N–H and O–H groups in total. The molecule has 1 unspecified atom stereocenters. The summed E-state index contributed by atoms with van der Waals surface area (Å²) in [7, 11) is 0. The van der Waals surface area contributed by atoms with Gasteiger partial charge in [0.05, 0.1) is 5.60 Å². The molecule has 0 rings (SSSR count). The van der Waals surface area contributed by atoms with Crippen LogP contribution in [0.5, 0.6) is 0 Å². The van der Waals surface area contributed by atoms with Gasteiger partial charge in [0.1, 0.15) is 0 Å². The van der Waals surface area contributed by atoms with E-state index in [1.54, 1.807) is 18.7 Å². The van der Waals surface area contributed by atoms with E-state index >= 15 is 0 Å². The van der Waals surface area contributed by atoms with Crippen molar-refractivity contribution in [2.45, 2.75) is 12.5 Å². The Balaban J connectivity index is 3.28. The molecule has 0 spiro atoms. The molecule has 3 nitrogen and oxygen atoms in total. The smallest absolute Gasteiger partial charge is 0.0831 e. The zero-order chi connectivity index (χ0) is 8.04. The Bertz CT molecular complexity index is 87.8. The summed E-state index contributed by atoms with van der Waals surface area (Å²) in [6, 6.07) is 0. The Morgan fingerprint density at radius 2 is 2.10 bits per heavy atom. The van der Waals surface area contributed by atoms with Crippen molar-refractivity contribution in [1.82, 2.24) is 0 Å². The van der Waals surface area contributed by atoms with E-state index in [4.69, 9.17) is 11.5 Å². The van der Waals surface area contributed by atoms with Crippen LogP contribution in [0.3, 0.4) is 0 Å². The van der Waals surface area contributed by atoms with Crippen LogP contribution < -0.4 is 11.5 Å². The zero-order valence-corrected chi connectivity index (χ0v) is 7.16. The van der Waals surface area contributed by atoms with Crippen molar-refractivity contribution in [2.75, 3.05) is 24.6 Å². The summed E-state index contributed by atoms with van der Waals surface area (Å²) in [4.78, 5) is 0. The fraction of sp³-hybridized carbons (Fsp3) is 1.00. The fourth-order valence-corrected chi connectivity index (χ4v) is 1.30. The number of rotatable bonds is 5. The molecule has 10 heavy (non-hydrogen) atoms. The van der Waals surface area contributed by atoms with Crippen molar-refractivity contribution in [3.05, 3.63) is 0 Å². The molecule has 0 aromatic heterocycles. The highest BCUT2D eigenvalue weighted by Crippen LogP contribution is 2.10. The van der Waals surface area contributed by atoms with Gasteiger partial charge in [-0.2, -0.15) is 11.8 Å². The van der Waals surface area contributed by atoms with Gasteiger partial charge in [0, 0.05) is 24.6 Å². The SMILES string of the molecule is CC(O)(CN)CSCCN. The van der Waals surface area contributed by atoms with Crippen molar-refractivity contribution in [3.63, 3.8) is 0 Å². The fourth-order valence-electron chi connectivity index (χ4n) is 0.434. The van der Waals surface area contributed by atoms with Gasteiger partial charge in [0.2, 0.25) is 0 Å². The lowest BCUT2D eigenvalue weighted by atomic mass is 10.1. The van der Waals surface area contributed by atoms with Gasteiger partial charge < -0.3 is 16.6 Å². The normalized spacial score (nSPS) is 16.8. The van der Waals surface area contributed by atoms with Crippen molar-refractivity contribution >= 4 is 11.8 Å². The summed E-state index contributed by atoms with van der Waals surface area (Å²) < 4.78 is 0. The first-order valence-electron chi connectivity index (χ1n) is 3.32. The molecule has 1 atom stereocenters. The molecular weight excluding hydrogens is 148 g/mol. The molecule has 0 aliphatic rings. The van der Waals surface area contributed by atoms with Crippen molar-refractivity contribution in [1.29, 1.82) is 0 Å². The Morgan fingerprint density at radius 1 is 1.50 bits per heavy atom. The van der Waals surface area contributed by atoms with E-state index in [9.17, 15) is 5.11 Å². The minimum absolute atomic E-state index is 0.310. The van der Waals surface area contributed by atoms with E-state index < -0.39 is 5.60 Å². The molecule has 0 aromatic rings. The molecule has 0 aromatic carbocycles. The third-order valence-electron chi connectivity index (χ3n) is 1.11. The van der Waals surface area contributed by atoms with Crippen LogP contribution in [-0.2, 0) is 0 Å². The van der Waals surface area contributed by atoms with Crippen LogP contribution in [0.4, 0.5) is 0 Å². The molecule has 4 heteroatoms. The second-order valence-electron chi connectivity index (χ2n) is 2.54. The van der Waals surface area contributed by atoms with Crippen LogP contribution in [0.2, 0.25) is 0 Å². The average molecular weight is 164 g/mol. The Morgan fingerprint density at radius 3 is 2.50 bits per heavy atom. The molecular formula is C6H16N2OS. The van der Waals surface area contributed by atoms with Crippen LogP contribution in [0.15, 0.2) is 0 Å². The summed E-state index contributed by atoms with van der Waals surface area (Å²) >= 11 is 1.63. The van der Waals surface area contributed by atoms with Gasteiger partial charge in [-0.1, -0.05) is 0 Å². The quantitative estimate of drug-likeness (QED) is 0.474. The lowest BCUT2D eigenvalue weighted by Gasteiger charge is -2.19. The van der Waals surface area contributed by atoms with E-state index in [2.05, 4.69) is 0 Å². The second-order valence-corrected chi connectivity index (χ2v) is 3.65. The molecule has 0 radical (unpaired) electrons. The van der Waals surface area contributed by atoms with Crippen LogP contribution in [0.25, 0.3) is 0 Å². The molecule has 0 heterocycles.